The number of carbonyl (C=O) groups is 2. The first-order valence-corrected chi connectivity index (χ1v) is 11.6. The summed E-state index contributed by atoms with van der Waals surface area (Å²) >= 11 is 0. The van der Waals surface area contributed by atoms with Crippen molar-refractivity contribution >= 4 is 11.9 Å². The molecule has 0 spiro atoms. The van der Waals surface area contributed by atoms with Gasteiger partial charge in [0.05, 0.1) is 11.1 Å². The Morgan fingerprint density at radius 2 is 0.969 bits per heavy atom. The molecule has 0 amide bonds. The normalized spacial score (nSPS) is 16.3. The zero-order valence-electron chi connectivity index (χ0n) is 20.3. The molecule has 172 valence electrons. The molecule has 0 saturated heterocycles. The number of benzene rings is 2. The van der Waals surface area contributed by atoms with Crippen LogP contribution in [0.3, 0.4) is 0 Å². The van der Waals surface area contributed by atoms with E-state index < -0.39 is 11.2 Å². The van der Waals surface area contributed by atoms with Crippen molar-refractivity contribution in [3.63, 3.8) is 0 Å². The van der Waals surface area contributed by atoms with Crippen molar-refractivity contribution in [2.45, 2.75) is 90.3 Å². The summed E-state index contributed by atoms with van der Waals surface area (Å²) in [4.78, 5) is 24.9. The van der Waals surface area contributed by atoms with E-state index in [2.05, 4.69) is 24.3 Å². The number of rotatable bonds is 4. The summed E-state index contributed by atoms with van der Waals surface area (Å²) < 4.78 is 11.0. The van der Waals surface area contributed by atoms with Gasteiger partial charge in [0.15, 0.2) is 0 Å². The molecule has 0 unspecified atom stereocenters. The van der Waals surface area contributed by atoms with E-state index in [0.29, 0.717) is 11.1 Å². The zero-order valence-corrected chi connectivity index (χ0v) is 20.3. The second kappa shape index (κ2) is 9.09. The number of hydrogen-bond donors (Lipinski definition) is 0. The molecule has 4 heteroatoms. The molecule has 0 atom stereocenters. The predicted octanol–water partition coefficient (Wildman–Crippen LogP) is 6.85. The summed E-state index contributed by atoms with van der Waals surface area (Å²) in [6.07, 6.45) is 5.63. The standard InChI is InChI=1S/C28H36O4/c1-26(2,3)31-24(29)20-10-14-22(15-11-20)28(18-8-7-9-19-28)23-16-12-21(13-17-23)25(30)32-27(4,5)6/h10-17H,7-9,18-19H2,1-6H3. The van der Waals surface area contributed by atoms with Crippen LogP contribution >= 0.6 is 0 Å². The highest BCUT2D eigenvalue weighted by atomic mass is 16.6. The monoisotopic (exact) mass is 436 g/mol. The molecule has 3 rings (SSSR count). The van der Waals surface area contributed by atoms with Crippen molar-refractivity contribution in [3.8, 4) is 0 Å². The molecule has 0 radical (unpaired) electrons. The third kappa shape index (κ3) is 5.79. The predicted molar refractivity (Wildman–Crippen MR) is 127 cm³/mol. The van der Waals surface area contributed by atoms with Gasteiger partial charge in [0.2, 0.25) is 0 Å². The third-order valence-electron chi connectivity index (χ3n) is 5.85. The van der Waals surface area contributed by atoms with E-state index in [-0.39, 0.29) is 17.4 Å². The highest BCUT2D eigenvalue weighted by Gasteiger charge is 2.36. The van der Waals surface area contributed by atoms with E-state index in [1.54, 1.807) is 0 Å². The average molecular weight is 437 g/mol. The Balaban J connectivity index is 1.89. The van der Waals surface area contributed by atoms with E-state index in [9.17, 15) is 9.59 Å². The van der Waals surface area contributed by atoms with Crippen LogP contribution in [0.25, 0.3) is 0 Å². The van der Waals surface area contributed by atoms with Gasteiger partial charge in [0.25, 0.3) is 0 Å². The Bertz CT molecular complexity index is 861. The molecule has 0 aromatic heterocycles. The molecule has 0 bridgehead atoms. The smallest absolute Gasteiger partial charge is 0.338 e. The Morgan fingerprint density at radius 1 is 0.625 bits per heavy atom. The van der Waals surface area contributed by atoms with Gasteiger partial charge in [-0.1, -0.05) is 43.5 Å². The van der Waals surface area contributed by atoms with Gasteiger partial charge >= 0.3 is 11.9 Å². The van der Waals surface area contributed by atoms with Crippen LogP contribution in [0.1, 0.15) is 105 Å². The second-order valence-electron chi connectivity index (χ2n) is 10.8. The van der Waals surface area contributed by atoms with Crippen molar-refractivity contribution in [1.29, 1.82) is 0 Å². The molecule has 1 aliphatic carbocycles. The first-order chi connectivity index (χ1) is 14.9. The van der Waals surface area contributed by atoms with E-state index in [0.717, 1.165) is 25.7 Å². The quantitative estimate of drug-likeness (QED) is 0.492. The first-order valence-electron chi connectivity index (χ1n) is 11.6. The lowest BCUT2D eigenvalue weighted by molar-refractivity contribution is 0.00570. The van der Waals surface area contributed by atoms with Crippen LogP contribution in [0.15, 0.2) is 48.5 Å². The minimum absolute atomic E-state index is 0.114. The summed E-state index contributed by atoms with van der Waals surface area (Å²) in [6, 6.07) is 15.7. The molecular formula is C28H36O4. The van der Waals surface area contributed by atoms with Crippen molar-refractivity contribution in [2.24, 2.45) is 0 Å². The molecule has 1 aliphatic rings. The average Bonchev–Trinajstić information content (AvgIpc) is 2.72. The van der Waals surface area contributed by atoms with Crippen LogP contribution < -0.4 is 0 Å². The SMILES string of the molecule is CC(C)(C)OC(=O)c1ccc(C2(c3ccc(C(=O)OC(C)(C)C)cc3)CCCCC2)cc1. The lowest BCUT2D eigenvalue weighted by atomic mass is 9.65. The van der Waals surface area contributed by atoms with Crippen LogP contribution in [0.4, 0.5) is 0 Å². The lowest BCUT2D eigenvalue weighted by Crippen LogP contribution is -2.31. The maximum atomic E-state index is 12.4. The molecule has 4 nitrogen and oxygen atoms in total. The van der Waals surface area contributed by atoms with Crippen molar-refractivity contribution < 1.29 is 19.1 Å². The molecular weight excluding hydrogens is 400 g/mol. The highest BCUT2D eigenvalue weighted by Crippen LogP contribution is 2.45. The molecule has 1 saturated carbocycles. The maximum absolute atomic E-state index is 12.4. The van der Waals surface area contributed by atoms with Crippen LogP contribution in [0.2, 0.25) is 0 Å². The third-order valence-corrected chi connectivity index (χ3v) is 5.85. The largest absolute Gasteiger partial charge is 0.456 e. The van der Waals surface area contributed by atoms with Gasteiger partial charge in [0.1, 0.15) is 11.2 Å². The molecule has 0 heterocycles. The Kier molecular flexibility index (Phi) is 6.83. The molecule has 2 aromatic carbocycles. The Hall–Kier alpha value is -2.62. The molecule has 0 N–H and O–H groups in total. The van der Waals surface area contributed by atoms with Gasteiger partial charge in [-0.15, -0.1) is 0 Å². The fraction of sp³-hybridized carbons (Fsp3) is 0.500. The molecule has 2 aromatic rings. The van der Waals surface area contributed by atoms with Gasteiger partial charge in [0, 0.05) is 5.41 Å². The van der Waals surface area contributed by atoms with Gasteiger partial charge in [-0.2, -0.15) is 0 Å². The van der Waals surface area contributed by atoms with Gasteiger partial charge in [-0.05, 0) is 89.8 Å². The number of ether oxygens (including phenoxy) is 2. The van der Waals surface area contributed by atoms with Gasteiger partial charge in [-0.25, -0.2) is 9.59 Å². The summed E-state index contributed by atoms with van der Waals surface area (Å²) in [5, 5.41) is 0. The first kappa shape index (κ1) is 24.0. The number of esters is 2. The van der Waals surface area contributed by atoms with E-state index in [4.69, 9.17) is 9.47 Å². The Morgan fingerprint density at radius 3 is 1.28 bits per heavy atom. The topological polar surface area (TPSA) is 52.6 Å². The van der Waals surface area contributed by atoms with Crippen LogP contribution in [-0.4, -0.2) is 23.1 Å². The van der Waals surface area contributed by atoms with Crippen LogP contribution in [0.5, 0.6) is 0 Å². The summed E-state index contributed by atoms with van der Waals surface area (Å²) in [6.45, 7) is 11.2. The van der Waals surface area contributed by atoms with E-state index >= 15 is 0 Å². The van der Waals surface area contributed by atoms with Crippen LogP contribution in [-0.2, 0) is 14.9 Å². The van der Waals surface area contributed by atoms with Gasteiger partial charge < -0.3 is 9.47 Å². The number of hydrogen-bond acceptors (Lipinski definition) is 4. The lowest BCUT2D eigenvalue weighted by Gasteiger charge is -2.39. The highest BCUT2D eigenvalue weighted by molar-refractivity contribution is 5.90. The number of carbonyl (C=O) groups excluding carboxylic acids is 2. The van der Waals surface area contributed by atoms with Crippen molar-refractivity contribution in [2.75, 3.05) is 0 Å². The van der Waals surface area contributed by atoms with E-state index in [1.807, 2.05) is 65.8 Å². The summed E-state index contributed by atoms with van der Waals surface area (Å²) in [7, 11) is 0. The van der Waals surface area contributed by atoms with Gasteiger partial charge in [-0.3, -0.25) is 0 Å². The minimum atomic E-state index is -0.518. The molecule has 32 heavy (non-hydrogen) atoms. The van der Waals surface area contributed by atoms with Crippen molar-refractivity contribution in [3.05, 3.63) is 70.8 Å². The summed E-state index contributed by atoms with van der Waals surface area (Å²) in [5.41, 5.74) is 2.39. The maximum Gasteiger partial charge on any atom is 0.338 e. The zero-order chi connectivity index (χ0) is 23.6. The fourth-order valence-electron chi connectivity index (χ4n) is 4.42. The minimum Gasteiger partial charge on any atom is -0.456 e. The molecule has 1 fully saturated rings. The van der Waals surface area contributed by atoms with E-state index in [1.165, 1.54) is 17.5 Å². The second-order valence-corrected chi connectivity index (χ2v) is 10.8. The Labute approximate surface area is 192 Å². The molecule has 0 aliphatic heterocycles. The van der Waals surface area contributed by atoms with Crippen molar-refractivity contribution in [1.82, 2.24) is 0 Å². The fourth-order valence-corrected chi connectivity index (χ4v) is 4.42. The summed E-state index contributed by atoms with van der Waals surface area (Å²) in [5.74, 6) is -0.605. The van der Waals surface area contributed by atoms with Crippen LogP contribution in [0, 0.1) is 0 Å².